The van der Waals surface area contributed by atoms with Crippen molar-refractivity contribution < 1.29 is 32.8 Å². The second-order valence-corrected chi connectivity index (χ2v) is 8.93. The van der Waals surface area contributed by atoms with Crippen LogP contribution in [0.1, 0.15) is 46.9 Å². The van der Waals surface area contributed by atoms with E-state index in [4.69, 9.17) is 11.6 Å². The fourth-order valence-corrected chi connectivity index (χ4v) is 4.66. The minimum absolute atomic E-state index is 0.00536. The number of hydrogen-bond donors (Lipinski definition) is 1. The summed E-state index contributed by atoms with van der Waals surface area (Å²) in [7, 11) is 0. The normalized spacial score (nSPS) is 22.1. The third-order valence-corrected chi connectivity index (χ3v) is 6.68. The van der Waals surface area contributed by atoms with Gasteiger partial charge >= 0.3 is 6.18 Å². The smallest absolute Gasteiger partial charge is 0.334 e. The number of carbonyl (C=O) groups excluding carboxylic acids is 3. The van der Waals surface area contributed by atoms with Crippen molar-refractivity contribution in [2.45, 2.75) is 37.4 Å². The van der Waals surface area contributed by atoms with Crippen LogP contribution in [-0.4, -0.2) is 79.6 Å². The standard InChI is InChI=1S/C20H19ClF3N5O4/c21-17-13-5-11(10-1-2-10)6-14(20(22,23)24)29(13)25-18(17)19(32)26-3-4-27(16(31)9-26)12-7-15(30)28(33)8-12/h5-6,10,12,33H,1-4,7-9H2. The Morgan fingerprint density at radius 1 is 1.15 bits per heavy atom. The van der Waals surface area contributed by atoms with Crippen LogP contribution in [0.4, 0.5) is 13.2 Å². The van der Waals surface area contributed by atoms with Crippen molar-refractivity contribution in [3.05, 3.63) is 34.1 Å². The molecule has 0 aromatic carbocycles. The molecule has 33 heavy (non-hydrogen) atoms. The van der Waals surface area contributed by atoms with Crippen LogP contribution in [0.5, 0.6) is 0 Å². The van der Waals surface area contributed by atoms with E-state index in [1.165, 1.54) is 15.9 Å². The number of hydroxylamine groups is 2. The summed E-state index contributed by atoms with van der Waals surface area (Å²) in [5.41, 5.74) is -0.866. The Morgan fingerprint density at radius 2 is 1.88 bits per heavy atom. The molecule has 0 radical (unpaired) electrons. The van der Waals surface area contributed by atoms with Gasteiger partial charge in [-0.3, -0.25) is 19.6 Å². The van der Waals surface area contributed by atoms with E-state index in [2.05, 4.69) is 5.10 Å². The summed E-state index contributed by atoms with van der Waals surface area (Å²) < 4.78 is 41.7. The maximum Gasteiger partial charge on any atom is 0.433 e. The molecule has 5 rings (SSSR count). The highest BCUT2D eigenvalue weighted by Gasteiger charge is 2.41. The molecular formula is C20H19ClF3N5O4. The maximum absolute atomic E-state index is 13.7. The lowest BCUT2D eigenvalue weighted by Crippen LogP contribution is -2.56. The van der Waals surface area contributed by atoms with Gasteiger partial charge in [0.15, 0.2) is 5.69 Å². The monoisotopic (exact) mass is 485 g/mol. The zero-order chi connectivity index (χ0) is 23.7. The van der Waals surface area contributed by atoms with Crippen molar-refractivity contribution in [1.29, 1.82) is 0 Å². The van der Waals surface area contributed by atoms with Gasteiger partial charge in [-0.25, -0.2) is 9.58 Å². The first-order valence-electron chi connectivity index (χ1n) is 10.4. The van der Waals surface area contributed by atoms with Crippen LogP contribution < -0.4 is 0 Å². The average molecular weight is 486 g/mol. The number of piperazine rings is 1. The topological polar surface area (TPSA) is 98.5 Å². The van der Waals surface area contributed by atoms with Crippen LogP contribution >= 0.6 is 11.6 Å². The van der Waals surface area contributed by atoms with Gasteiger partial charge in [0.25, 0.3) is 5.91 Å². The Morgan fingerprint density at radius 3 is 2.45 bits per heavy atom. The number of aromatic nitrogens is 2. The molecule has 2 aromatic heterocycles. The molecule has 4 heterocycles. The Balaban J connectivity index is 1.42. The average Bonchev–Trinajstić information content (AvgIpc) is 3.48. The van der Waals surface area contributed by atoms with E-state index in [1.54, 1.807) is 0 Å². The molecule has 0 spiro atoms. The van der Waals surface area contributed by atoms with Crippen LogP contribution in [0.25, 0.3) is 5.52 Å². The highest BCUT2D eigenvalue weighted by atomic mass is 35.5. The van der Waals surface area contributed by atoms with E-state index in [1.807, 2.05) is 0 Å². The Labute approximate surface area is 190 Å². The molecule has 13 heteroatoms. The molecule has 3 amide bonds. The summed E-state index contributed by atoms with van der Waals surface area (Å²) >= 11 is 6.33. The highest BCUT2D eigenvalue weighted by molar-refractivity contribution is 6.36. The number of halogens is 4. The van der Waals surface area contributed by atoms with Crippen molar-refractivity contribution in [3.63, 3.8) is 0 Å². The van der Waals surface area contributed by atoms with E-state index >= 15 is 0 Å². The van der Waals surface area contributed by atoms with Gasteiger partial charge < -0.3 is 9.80 Å². The van der Waals surface area contributed by atoms with Gasteiger partial charge in [0, 0.05) is 13.1 Å². The van der Waals surface area contributed by atoms with Crippen LogP contribution in [0.2, 0.25) is 5.02 Å². The van der Waals surface area contributed by atoms with Gasteiger partial charge in [-0.05, 0) is 36.5 Å². The lowest BCUT2D eigenvalue weighted by Gasteiger charge is -2.37. The largest absolute Gasteiger partial charge is 0.433 e. The molecule has 3 fully saturated rings. The van der Waals surface area contributed by atoms with Gasteiger partial charge in [0.1, 0.15) is 12.2 Å². The Bertz CT molecular complexity index is 1180. The van der Waals surface area contributed by atoms with Gasteiger partial charge in [-0.2, -0.15) is 18.3 Å². The fraction of sp³-hybridized carbons (Fsp3) is 0.500. The lowest BCUT2D eigenvalue weighted by molar-refractivity contribution is -0.157. The fourth-order valence-electron chi connectivity index (χ4n) is 4.41. The van der Waals surface area contributed by atoms with Crippen LogP contribution in [-0.2, 0) is 15.8 Å². The first-order chi connectivity index (χ1) is 15.5. The summed E-state index contributed by atoms with van der Waals surface area (Å²) in [6.07, 6.45) is -3.13. The van der Waals surface area contributed by atoms with Crippen molar-refractivity contribution in [3.8, 4) is 0 Å². The summed E-state index contributed by atoms with van der Waals surface area (Å²) in [4.78, 5) is 39.8. The number of nitrogens with zero attached hydrogens (tertiary/aromatic N) is 5. The predicted molar refractivity (Wildman–Crippen MR) is 107 cm³/mol. The molecule has 3 aliphatic rings. The van der Waals surface area contributed by atoms with E-state index in [0.29, 0.717) is 15.1 Å². The van der Waals surface area contributed by atoms with Gasteiger partial charge in [-0.15, -0.1) is 0 Å². The summed E-state index contributed by atoms with van der Waals surface area (Å²) in [6.45, 7) is -0.149. The van der Waals surface area contributed by atoms with Gasteiger partial charge in [-0.1, -0.05) is 11.6 Å². The summed E-state index contributed by atoms with van der Waals surface area (Å²) in [6, 6.07) is 2.07. The van der Waals surface area contributed by atoms with E-state index < -0.39 is 35.6 Å². The highest BCUT2D eigenvalue weighted by Crippen LogP contribution is 2.43. The first kappa shape index (κ1) is 22.0. The van der Waals surface area contributed by atoms with E-state index in [0.717, 1.165) is 18.9 Å². The maximum atomic E-state index is 13.7. The third-order valence-electron chi connectivity index (χ3n) is 6.30. The molecule has 1 atom stereocenters. The van der Waals surface area contributed by atoms with Crippen molar-refractivity contribution in [1.82, 2.24) is 24.5 Å². The number of amides is 3. The molecule has 0 bridgehead atoms. The number of alkyl halides is 3. The van der Waals surface area contributed by atoms with Gasteiger partial charge in [0.2, 0.25) is 11.8 Å². The molecule has 176 valence electrons. The van der Waals surface area contributed by atoms with E-state index in [9.17, 15) is 32.8 Å². The molecule has 1 aliphatic carbocycles. The van der Waals surface area contributed by atoms with Crippen molar-refractivity contribution in [2.24, 2.45) is 0 Å². The molecule has 1 N–H and O–H groups in total. The lowest BCUT2D eigenvalue weighted by atomic mass is 10.1. The zero-order valence-electron chi connectivity index (χ0n) is 17.2. The number of hydrogen-bond acceptors (Lipinski definition) is 5. The number of pyridine rings is 1. The predicted octanol–water partition coefficient (Wildman–Crippen LogP) is 2.16. The molecular weight excluding hydrogens is 467 g/mol. The molecule has 1 unspecified atom stereocenters. The Hall–Kier alpha value is -2.86. The number of rotatable bonds is 3. The third kappa shape index (κ3) is 3.80. The van der Waals surface area contributed by atoms with Crippen LogP contribution in [0.3, 0.4) is 0 Å². The molecule has 1 saturated carbocycles. The van der Waals surface area contributed by atoms with Crippen molar-refractivity contribution >= 4 is 34.8 Å². The molecule has 2 aromatic rings. The number of carbonyl (C=O) groups is 3. The quantitative estimate of drug-likeness (QED) is 0.672. The Kier molecular flexibility index (Phi) is 5.05. The van der Waals surface area contributed by atoms with E-state index in [-0.39, 0.29) is 54.8 Å². The molecule has 2 saturated heterocycles. The minimum Gasteiger partial charge on any atom is -0.334 e. The SMILES string of the molecule is O=C1CC(N2CCN(C(=O)c3nn4c(C(F)(F)F)cc(C5CC5)cc4c3Cl)CC2=O)CN1O. The van der Waals surface area contributed by atoms with Crippen LogP contribution in [0.15, 0.2) is 12.1 Å². The van der Waals surface area contributed by atoms with Crippen LogP contribution in [0, 0.1) is 0 Å². The molecule has 9 nitrogen and oxygen atoms in total. The second-order valence-electron chi connectivity index (χ2n) is 8.55. The zero-order valence-corrected chi connectivity index (χ0v) is 17.9. The summed E-state index contributed by atoms with van der Waals surface area (Å²) in [5, 5.41) is 13.7. The molecule has 2 aliphatic heterocycles. The minimum atomic E-state index is -4.69. The van der Waals surface area contributed by atoms with Gasteiger partial charge in [0.05, 0.1) is 29.5 Å². The van der Waals surface area contributed by atoms with Crippen molar-refractivity contribution in [2.75, 3.05) is 26.2 Å². The first-order valence-corrected chi connectivity index (χ1v) is 10.8. The number of fused-ring (bicyclic) bond motifs is 1. The second kappa shape index (κ2) is 7.59. The summed E-state index contributed by atoms with van der Waals surface area (Å²) in [5.74, 6) is -1.64.